The van der Waals surface area contributed by atoms with E-state index in [4.69, 9.17) is 4.74 Å². The van der Waals surface area contributed by atoms with Crippen LogP contribution in [-0.4, -0.2) is 37.6 Å². The van der Waals surface area contributed by atoms with E-state index < -0.39 is 0 Å². The predicted octanol–water partition coefficient (Wildman–Crippen LogP) is 3.11. The second kappa shape index (κ2) is 7.39. The van der Waals surface area contributed by atoms with Crippen molar-refractivity contribution in [3.63, 3.8) is 0 Å². The summed E-state index contributed by atoms with van der Waals surface area (Å²) < 4.78 is 5.67. The molecular weight excluding hydrogens is 300 g/mol. The van der Waals surface area contributed by atoms with Crippen LogP contribution in [0.1, 0.15) is 18.1 Å². The van der Waals surface area contributed by atoms with Crippen LogP contribution in [0.5, 0.6) is 5.75 Å². The molecule has 24 heavy (non-hydrogen) atoms. The molecule has 0 aromatic heterocycles. The van der Waals surface area contributed by atoms with Gasteiger partial charge in [0.1, 0.15) is 5.75 Å². The van der Waals surface area contributed by atoms with E-state index in [1.807, 2.05) is 41.3 Å². The molecule has 2 aromatic rings. The molecule has 2 aromatic carbocycles. The molecule has 0 spiro atoms. The molecule has 1 heterocycles. The number of fused-ring (bicyclic) bond motifs is 1. The summed E-state index contributed by atoms with van der Waals surface area (Å²) in [6.07, 6.45) is 1.000. The van der Waals surface area contributed by atoms with Gasteiger partial charge in [-0.1, -0.05) is 37.3 Å². The maximum absolute atomic E-state index is 12.5. The van der Waals surface area contributed by atoms with Crippen LogP contribution in [0.2, 0.25) is 0 Å². The number of benzene rings is 2. The maximum Gasteiger partial charge on any atom is 0.260 e. The summed E-state index contributed by atoms with van der Waals surface area (Å²) in [4.78, 5) is 16.6. The quantitative estimate of drug-likeness (QED) is 0.866. The van der Waals surface area contributed by atoms with E-state index in [1.165, 1.54) is 16.8 Å². The zero-order chi connectivity index (χ0) is 16.9. The number of ether oxygens (including phenoxy) is 1. The van der Waals surface area contributed by atoms with Gasteiger partial charge in [0, 0.05) is 32.4 Å². The first-order valence-corrected chi connectivity index (χ1v) is 8.46. The van der Waals surface area contributed by atoms with Gasteiger partial charge in [-0.05, 0) is 35.7 Å². The lowest BCUT2D eigenvalue weighted by Crippen LogP contribution is -2.37. The first-order chi connectivity index (χ1) is 11.7. The van der Waals surface area contributed by atoms with Crippen molar-refractivity contribution in [3.05, 3.63) is 59.7 Å². The minimum absolute atomic E-state index is 0.0275. The standard InChI is InChI=1S/C20H24N2O2/c1-3-16-8-10-18(11-9-16)24-15-20(23)22-13-12-21(2)19-7-5-4-6-17(19)14-22/h4-11H,3,12-15H2,1-2H3. The van der Waals surface area contributed by atoms with E-state index in [-0.39, 0.29) is 12.5 Å². The maximum atomic E-state index is 12.5. The molecule has 0 unspecified atom stereocenters. The Morgan fingerprint density at radius 3 is 2.58 bits per heavy atom. The fraction of sp³-hybridized carbons (Fsp3) is 0.350. The Morgan fingerprint density at radius 2 is 1.83 bits per heavy atom. The summed E-state index contributed by atoms with van der Waals surface area (Å²) >= 11 is 0. The Bertz CT molecular complexity index is 697. The number of carbonyl (C=O) groups is 1. The monoisotopic (exact) mass is 324 g/mol. The number of carbonyl (C=O) groups excluding carboxylic acids is 1. The van der Waals surface area contributed by atoms with Crippen molar-refractivity contribution in [2.45, 2.75) is 19.9 Å². The van der Waals surface area contributed by atoms with Gasteiger partial charge in [-0.15, -0.1) is 0 Å². The van der Waals surface area contributed by atoms with Crippen LogP contribution in [0, 0.1) is 0 Å². The lowest BCUT2D eigenvalue weighted by molar-refractivity contribution is -0.133. The van der Waals surface area contributed by atoms with Crippen LogP contribution in [0.3, 0.4) is 0 Å². The van der Waals surface area contributed by atoms with E-state index in [2.05, 4.69) is 31.0 Å². The molecule has 0 saturated carbocycles. The van der Waals surface area contributed by atoms with Crippen molar-refractivity contribution in [1.82, 2.24) is 4.90 Å². The van der Waals surface area contributed by atoms with Gasteiger partial charge in [0.2, 0.25) is 0 Å². The highest BCUT2D eigenvalue weighted by Crippen LogP contribution is 2.23. The number of anilines is 1. The number of hydrogen-bond donors (Lipinski definition) is 0. The van der Waals surface area contributed by atoms with Gasteiger partial charge in [-0.3, -0.25) is 4.79 Å². The smallest absolute Gasteiger partial charge is 0.260 e. The summed E-state index contributed by atoms with van der Waals surface area (Å²) in [5, 5.41) is 0. The van der Waals surface area contributed by atoms with Gasteiger partial charge in [-0.25, -0.2) is 0 Å². The number of para-hydroxylation sites is 1. The summed E-state index contributed by atoms with van der Waals surface area (Å²) in [6, 6.07) is 16.2. The molecule has 0 bridgehead atoms. The van der Waals surface area contributed by atoms with E-state index in [9.17, 15) is 4.79 Å². The Hall–Kier alpha value is -2.49. The molecule has 0 atom stereocenters. The zero-order valence-electron chi connectivity index (χ0n) is 14.4. The molecule has 3 rings (SSSR count). The van der Waals surface area contributed by atoms with Crippen molar-refractivity contribution >= 4 is 11.6 Å². The largest absolute Gasteiger partial charge is 0.484 e. The molecule has 0 radical (unpaired) electrons. The van der Waals surface area contributed by atoms with Crippen molar-refractivity contribution in [3.8, 4) is 5.75 Å². The second-order valence-electron chi connectivity index (χ2n) is 6.15. The molecule has 4 nitrogen and oxygen atoms in total. The Kier molecular flexibility index (Phi) is 5.04. The molecule has 1 aliphatic rings. The molecule has 4 heteroatoms. The van der Waals surface area contributed by atoms with Crippen molar-refractivity contribution in [1.29, 1.82) is 0 Å². The zero-order valence-corrected chi connectivity index (χ0v) is 14.4. The fourth-order valence-electron chi connectivity index (χ4n) is 2.96. The highest BCUT2D eigenvalue weighted by Gasteiger charge is 2.21. The highest BCUT2D eigenvalue weighted by molar-refractivity contribution is 5.78. The number of amides is 1. The van der Waals surface area contributed by atoms with Crippen molar-refractivity contribution in [2.24, 2.45) is 0 Å². The number of hydrogen-bond acceptors (Lipinski definition) is 3. The van der Waals surface area contributed by atoms with E-state index in [0.29, 0.717) is 13.1 Å². The van der Waals surface area contributed by atoms with Crippen LogP contribution in [0.15, 0.2) is 48.5 Å². The van der Waals surface area contributed by atoms with Crippen LogP contribution in [0.4, 0.5) is 5.69 Å². The van der Waals surface area contributed by atoms with Crippen LogP contribution >= 0.6 is 0 Å². The third kappa shape index (κ3) is 3.70. The lowest BCUT2D eigenvalue weighted by Gasteiger charge is -2.21. The van der Waals surface area contributed by atoms with Gasteiger partial charge in [-0.2, -0.15) is 0 Å². The van der Waals surface area contributed by atoms with Gasteiger partial charge in [0.05, 0.1) is 0 Å². The van der Waals surface area contributed by atoms with Crippen LogP contribution in [-0.2, 0) is 17.8 Å². The van der Waals surface area contributed by atoms with Gasteiger partial charge in [0.15, 0.2) is 6.61 Å². The second-order valence-corrected chi connectivity index (χ2v) is 6.15. The average Bonchev–Trinajstić information content (AvgIpc) is 2.80. The fourth-order valence-corrected chi connectivity index (χ4v) is 2.96. The van der Waals surface area contributed by atoms with E-state index >= 15 is 0 Å². The number of likely N-dealkylation sites (N-methyl/N-ethyl adjacent to an activating group) is 1. The Balaban J connectivity index is 1.62. The molecular formula is C20H24N2O2. The minimum Gasteiger partial charge on any atom is -0.484 e. The average molecular weight is 324 g/mol. The number of rotatable bonds is 4. The molecule has 0 fully saturated rings. The normalized spacial score (nSPS) is 14.1. The lowest BCUT2D eigenvalue weighted by atomic mass is 10.1. The third-order valence-corrected chi connectivity index (χ3v) is 4.52. The molecule has 1 amide bonds. The van der Waals surface area contributed by atoms with Gasteiger partial charge < -0.3 is 14.5 Å². The molecule has 0 N–H and O–H groups in total. The Morgan fingerprint density at radius 1 is 1.08 bits per heavy atom. The highest BCUT2D eigenvalue weighted by atomic mass is 16.5. The molecule has 0 aliphatic carbocycles. The van der Waals surface area contributed by atoms with E-state index in [0.717, 1.165) is 18.7 Å². The molecule has 1 aliphatic heterocycles. The summed E-state index contributed by atoms with van der Waals surface area (Å²) in [5.74, 6) is 0.771. The topological polar surface area (TPSA) is 32.8 Å². The summed E-state index contributed by atoms with van der Waals surface area (Å²) in [5.41, 5.74) is 3.64. The predicted molar refractivity (Wildman–Crippen MR) is 96.4 cm³/mol. The van der Waals surface area contributed by atoms with Gasteiger partial charge >= 0.3 is 0 Å². The first-order valence-electron chi connectivity index (χ1n) is 8.46. The summed E-state index contributed by atoms with van der Waals surface area (Å²) in [6.45, 7) is 4.37. The van der Waals surface area contributed by atoms with E-state index in [1.54, 1.807) is 0 Å². The first kappa shape index (κ1) is 16.4. The van der Waals surface area contributed by atoms with Crippen LogP contribution < -0.4 is 9.64 Å². The minimum atomic E-state index is 0.0275. The van der Waals surface area contributed by atoms with Crippen molar-refractivity contribution < 1.29 is 9.53 Å². The summed E-state index contributed by atoms with van der Waals surface area (Å²) in [7, 11) is 2.07. The SMILES string of the molecule is CCc1ccc(OCC(=O)N2CCN(C)c3ccccc3C2)cc1. The molecule has 0 saturated heterocycles. The third-order valence-electron chi connectivity index (χ3n) is 4.52. The van der Waals surface area contributed by atoms with Crippen molar-refractivity contribution in [2.75, 3.05) is 31.6 Å². The van der Waals surface area contributed by atoms with Crippen LogP contribution in [0.25, 0.3) is 0 Å². The van der Waals surface area contributed by atoms with Gasteiger partial charge in [0.25, 0.3) is 5.91 Å². The Labute approximate surface area is 143 Å². The molecule has 126 valence electrons. The number of nitrogens with zero attached hydrogens (tertiary/aromatic N) is 2. The number of aryl methyl sites for hydroxylation is 1.